The Morgan fingerprint density at radius 3 is 3.00 bits per heavy atom. The quantitative estimate of drug-likeness (QED) is 0.727. The maximum Gasteiger partial charge on any atom is 0.338 e. The number of carbonyl (C=O) groups is 1. The van der Waals surface area contributed by atoms with E-state index in [0.29, 0.717) is 10.1 Å². The van der Waals surface area contributed by atoms with E-state index in [0.717, 1.165) is 36.4 Å². The van der Waals surface area contributed by atoms with Crippen LogP contribution in [0.25, 0.3) is 10.9 Å². The predicted molar refractivity (Wildman–Crippen MR) is 87.5 cm³/mol. The number of carbonyl (C=O) groups excluding carboxylic acids is 1. The van der Waals surface area contributed by atoms with Gasteiger partial charge in [-0.25, -0.2) is 9.78 Å². The number of ether oxygens (including phenoxy) is 1. The third-order valence-electron chi connectivity index (χ3n) is 4.63. The number of aryl methyl sites for hydroxylation is 2. The molecule has 25 heavy (non-hydrogen) atoms. The summed E-state index contributed by atoms with van der Waals surface area (Å²) < 4.78 is 31.4. The SMILES string of the molecule is O=C(OCc1nccn1C(F)F)c1ccc2[nH]c3c(c2c1)CCCC3. The molecular weight excluding hydrogens is 328 g/mol. The number of alkyl halides is 2. The summed E-state index contributed by atoms with van der Waals surface area (Å²) in [6.07, 6.45) is 6.76. The maximum absolute atomic E-state index is 12.8. The molecule has 130 valence electrons. The first-order chi connectivity index (χ1) is 12.1. The zero-order valence-corrected chi connectivity index (χ0v) is 13.5. The van der Waals surface area contributed by atoms with Crippen LogP contribution in [-0.2, 0) is 24.2 Å². The fourth-order valence-corrected chi connectivity index (χ4v) is 3.38. The number of halogens is 2. The molecule has 0 saturated heterocycles. The molecule has 1 aromatic carbocycles. The second-order valence-electron chi connectivity index (χ2n) is 6.15. The molecule has 0 spiro atoms. The van der Waals surface area contributed by atoms with Gasteiger partial charge in [0.15, 0.2) is 5.82 Å². The summed E-state index contributed by atoms with van der Waals surface area (Å²) in [4.78, 5) is 19.5. The van der Waals surface area contributed by atoms with E-state index in [1.165, 1.54) is 23.9 Å². The van der Waals surface area contributed by atoms with Crippen LogP contribution in [0.1, 0.15) is 46.8 Å². The first-order valence-electron chi connectivity index (χ1n) is 8.24. The number of fused-ring (bicyclic) bond motifs is 3. The Balaban J connectivity index is 1.54. The lowest BCUT2D eigenvalue weighted by atomic mass is 9.95. The van der Waals surface area contributed by atoms with Gasteiger partial charge in [0.25, 0.3) is 0 Å². The first kappa shape index (κ1) is 15.8. The second kappa shape index (κ2) is 6.31. The predicted octanol–water partition coefficient (Wildman–Crippen LogP) is 4.00. The van der Waals surface area contributed by atoms with Gasteiger partial charge in [0, 0.05) is 29.0 Å². The highest BCUT2D eigenvalue weighted by Gasteiger charge is 2.18. The lowest BCUT2D eigenvalue weighted by Crippen LogP contribution is -2.10. The fourth-order valence-electron chi connectivity index (χ4n) is 3.38. The second-order valence-corrected chi connectivity index (χ2v) is 6.15. The minimum atomic E-state index is -2.71. The highest BCUT2D eigenvalue weighted by Crippen LogP contribution is 2.29. The summed E-state index contributed by atoms with van der Waals surface area (Å²) in [6, 6.07) is 5.37. The van der Waals surface area contributed by atoms with E-state index in [4.69, 9.17) is 4.74 Å². The Bertz CT molecular complexity index is 930. The van der Waals surface area contributed by atoms with Gasteiger partial charge in [-0.05, 0) is 49.4 Å². The van der Waals surface area contributed by atoms with Gasteiger partial charge < -0.3 is 9.72 Å². The van der Waals surface area contributed by atoms with E-state index in [9.17, 15) is 13.6 Å². The van der Waals surface area contributed by atoms with Crippen molar-refractivity contribution in [3.05, 3.63) is 53.2 Å². The standard InChI is InChI=1S/C18H17F2N3O2/c19-18(20)23-8-7-21-16(23)10-25-17(24)11-5-6-15-13(9-11)12-3-1-2-4-14(12)22-15/h5-9,18,22H,1-4,10H2. The van der Waals surface area contributed by atoms with Crippen LogP contribution in [0.5, 0.6) is 0 Å². The Labute approximate surface area is 142 Å². The third-order valence-corrected chi connectivity index (χ3v) is 4.63. The van der Waals surface area contributed by atoms with Crippen molar-refractivity contribution >= 4 is 16.9 Å². The number of imidazole rings is 1. The van der Waals surface area contributed by atoms with E-state index in [1.807, 2.05) is 12.1 Å². The van der Waals surface area contributed by atoms with Crippen LogP contribution >= 0.6 is 0 Å². The molecule has 0 saturated carbocycles. The molecule has 1 aliphatic rings. The van der Waals surface area contributed by atoms with Crippen molar-refractivity contribution < 1.29 is 18.3 Å². The molecule has 0 bridgehead atoms. The zero-order chi connectivity index (χ0) is 17.4. The number of nitrogens with zero attached hydrogens (tertiary/aromatic N) is 2. The molecule has 0 amide bonds. The molecule has 0 fully saturated rings. The highest BCUT2D eigenvalue weighted by atomic mass is 19.3. The van der Waals surface area contributed by atoms with Crippen molar-refractivity contribution in [2.45, 2.75) is 38.8 Å². The van der Waals surface area contributed by atoms with E-state index < -0.39 is 12.5 Å². The number of hydrogen-bond acceptors (Lipinski definition) is 3. The topological polar surface area (TPSA) is 59.9 Å². The van der Waals surface area contributed by atoms with Crippen LogP contribution in [0.2, 0.25) is 0 Å². The van der Waals surface area contributed by atoms with E-state index in [-0.39, 0.29) is 12.4 Å². The summed E-state index contributed by atoms with van der Waals surface area (Å²) in [7, 11) is 0. The summed E-state index contributed by atoms with van der Waals surface area (Å²) in [6.45, 7) is -3.00. The van der Waals surface area contributed by atoms with Gasteiger partial charge in [0.2, 0.25) is 0 Å². The molecule has 5 nitrogen and oxygen atoms in total. The third kappa shape index (κ3) is 2.90. The van der Waals surface area contributed by atoms with Crippen LogP contribution < -0.4 is 0 Å². The maximum atomic E-state index is 12.8. The Morgan fingerprint density at radius 2 is 2.16 bits per heavy atom. The lowest BCUT2D eigenvalue weighted by Gasteiger charge is -2.10. The average Bonchev–Trinajstić information content (AvgIpc) is 3.23. The number of aromatic amines is 1. The van der Waals surface area contributed by atoms with E-state index in [2.05, 4.69) is 9.97 Å². The molecular formula is C18H17F2N3O2. The molecule has 1 N–H and O–H groups in total. The molecule has 1 aliphatic carbocycles. The van der Waals surface area contributed by atoms with Gasteiger partial charge in [-0.2, -0.15) is 8.78 Å². The monoisotopic (exact) mass is 345 g/mol. The van der Waals surface area contributed by atoms with Crippen molar-refractivity contribution in [2.24, 2.45) is 0 Å². The normalized spacial score (nSPS) is 14.0. The molecule has 2 aromatic heterocycles. The Hall–Kier alpha value is -2.70. The molecule has 3 aromatic rings. The highest BCUT2D eigenvalue weighted by molar-refractivity contribution is 5.96. The molecule has 4 rings (SSSR count). The van der Waals surface area contributed by atoms with Gasteiger partial charge in [-0.15, -0.1) is 0 Å². The number of hydrogen-bond donors (Lipinski definition) is 1. The minimum absolute atomic E-state index is 0.0171. The average molecular weight is 345 g/mol. The summed E-state index contributed by atoms with van der Waals surface area (Å²) in [5, 5.41) is 1.04. The van der Waals surface area contributed by atoms with Crippen molar-refractivity contribution in [3.63, 3.8) is 0 Å². The van der Waals surface area contributed by atoms with E-state index in [1.54, 1.807) is 6.07 Å². The Morgan fingerprint density at radius 1 is 1.32 bits per heavy atom. The molecule has 7 heteroatoms. The number of benzene rings is 1. The molecule has 0 radical (unpaired) electrons. The smallest absolute Gasteiger partial charge is 0.338 e. The molecule has 0 aliphatic heterocycles. The molecule has 0 atom stereocenters. The Kier molecular flexibility index (Phi) is 3.99. The number of H-pyrrole nitrogens is 1. The zero-order valence-electron chi connectivity index (χ0n) is 13.5. The lowest BCUT2D eigenvalue weighted by molar-refractivity contribution is 0.0376. The number of nitrogens with one attached hydrogen (secondary N) is 1. The van der Waals surface area contributed by atoms with Crippen LogP contribution in [0, 0.1) is 0 Å². The van der Waals surface area contributed by atoms with Crippen molar-refractivity contribution in [1.82, 2.24) is 14.5 Å². The number of aromatic nitrogens is 3. The van der Waals surface area contributed by atoms with Gasteiger partial charge in [0.1, 0.15) is 6.61 Å². The number of rotatable bonds is 4. The van der Waals surface area contributed by atoms with E-state index >= 15 is 0 Å². The van der Waals surface area contributed by atoms with Gasteiger partial charge in [0.05, 0.1) is 5.56 Å². The van der Waals surface area contributed by atoms with Crippen LogP contribution in [0.4, 0.5) is 8.78 Å². The van der Waals surface area contributed by atoms with Crippen molar-refractivity contribution in [3.8, 4) is 0 Å². The van der Waals surface area contributed by atoms with Crippen LogP contribution in [0.15, 0.2) is 30.6 Å². The largest absolute Gasteiger partial charge is 0.454 e. The van der Waals surface area contributed by atoms with Gasteiger partial charge >= 0.3 is 12.5 Å². The van der Waals surface area contributed by atoms with Crippen molar-refractivity contribution in [1.29, 1.82) is 0 Å². The summed E-state index contributed by atoms with van der Waals surface area (Å²) in [5.41, 5.74) is 3.93. The molecule has 0 unspecified atom stereocenters. The summed E-state index contributed by atoms with van der Waals surface area (Å²) in [5.74, 6) is -0.528. The van der Waals surface area contributed by atoms with Gasteiger partial charge in [-0.1, -0.05) is 0 Å². The first-order valence-corrected chi connectivity index (χ1v) is 8.24. The van der Waals surface area contributed by atoms with Gasteiger partial charge in [-0.3, -0.25) is 4.57 Å². The molecule has 2 heterocycles. The van der Waals surface area contributed by atoms with Crippen molar-refractivity contribution in [2.75, 3.05) is 0 Å². The van der Waals surface area contributed by atoms with Crippen LogP contribution in [-0.4, -0.2) is 20.5 Å². The van der Waals surface area contributed by atoms with Crippen LogP contribution in [0.3, 0.4) is 0 Å². The number of esters is 1. The summed E-state index contributed by atoms with van der Waals surface area (Å²) >= 11 is 0. The minimum Gasteiger partial charge on any atom is -0.454 e. The fraction of sp³-hybridized carbons (Fsp3) is 0.333.